The van der Waals surface area contributed by atoms with Gasteiger partial charge < -0.3 is 5.32 Å². The van der Waals surface area contributed by atoms with Crippen LogP contribution in [0, 0.1) is 0 Å². The van der Waals surface area contributed by atoms with Crippen LogP contribution in [-0.2, 0) is 4.79 Å². The minimum absolute atomic E-state index is 0.0186. The lowest BCUT2D eigenvalue weighted by Crippen LogP contribution is -2.53. The second kappa shape index (κ2) is 3.65. The first-order valence-corrected chi connectivity index (χ1v) is 4.91. The normalized spacial score (nSPS) is 36.1. The number of amides is 1. The van der Waals surface area contributed by atoms with Crippen molar-refractivity contribution < 1.29 is 4.79 Å². The van der Waals surface area contributed by atoms with Crippen LogP contribution in [0.3, 0.4) is 0 Å². The Morgan fingerprint density at radius 2 is 2.25 bits per heavy atom. The minimum Gasteiger partial charge on any atom is -0.350 e. The molecule has 0 saturated heterocycles. The van der Waals surface area contributed by atoms with Gasteiger partial charge in [-0.3, -0.25) is 4.79 Å². The summed E-state index contributed by atoms with van der Waals surface area (Å²) in [5, 5.41) is 3.03. The van der Waals surface area contributed by atoms with Crippen molar-refractivity contribution in [1.29, 1.82) is 0 Å². The average molecular weight is 190 g/mol. The largest absolute Gasteiger partial charge is 0.350 e. The molecule has 1 saturated carbocycles. The average Bonchev–Trinajstić information content (AvgIpc) is 1.94. The molecule has 1 N–H and O–H groups in total. The molecule has 0 aromatic rings. The Bertz CT molecular complexity index is 183. The molecular formula is C9H16ClNO. The van der Waals surface area contributed by atoms with Gasteiger partial charge in [0.25, 0.3) is 0 Å². The fourth-order valence-electron chi connectivity index (χ4n) is 1.83. The number of nitrogens with one attached hydrogen (secondary N) is 1. The van der Waals surface area contributed by atoms with Crippen LogP contribution >= 0.6 is 11.6 Å². The van der Waals surface area contributed by atoms with Crippen LogP contribution in [0.25, 0.3) is 0 Å². The van der Waals surface area contributed by atoms with Crippen molar-refractivity contribution in [3.05, 3.63) is 0 Å². The van der Waals surface area contributed by atoms with Crippen LogP contribution < -0.4 is 5.32 Å². The monoisotopic (exact) mass is 189 g/mol. The van der Waals surface area contributed by atoms with Crippen LogP contribution in [0.15, 0.2) is 0 Å². The van der Waals surface area contributed by atoms with Gasteiger partial charge in [0.1, 0.15) is 0 Å². The van der Waals surface area contributed by atoms with Crippen LogP contribution in [-0.4, -0.2) is 16.8 Å². The number of rotatable bonds is 1. The number of hydrogen-bond donors (Lipinski definition) is 1. The molecule has 2 nitrogen and oxygen atoms in total. The quantitative estimate of drug-likeness (QED) is 0.629. The number of alkyl halides is 1. The van der Waals surface area contributed by atoms with E-state index in [1.807, 2.05) is 6.92 Å². The van der Waals surface area contributed by atoms with Gasteiger partial charge in [-0.05, 0) is 19.8 Å². The third-order valence-corrected chi connectivity index (χ3v) is 3.26. The molecule has 0 unspecified atom stereocenters. The Morgan fingerprint density at radius 1 is 1.58 bits per heavy atom. The Balaban J connectivity index is 2.59. The van der Waals surface area contributed by atoms with Crippen molar-refractivity contribution in [1.82, 2.24) is 5.32 Å². The van der Waals surface area contributed by atoms with Crippen molar-refractivity contribution in [2.45, 2.75) is 50.4 Å². The van der Waals surface area contributed by atoms with Crippen molar-refractivity contribution in [2.75, 3.05) is 0 Å². The van der Waals surface area contributed by atoms with Gasteiger partial charge in [0.2, 0.25) is 5.91 Å². The number of halogens is 1. The molecule has 1 aliphatic carbocycles. The summed E-state index contributed by atoms with van der Waals surface area (Å²) in [7, 11) is 0. The highest BCUT2D eigenvalue weighted by Gasteiger charge is 2.35. The third-order valence-electron chi connectivity index (χ3n) is 2.56. The summed E-state index contributed by atoms with van der Waals surface area (Å²) in [5.41, 5.74) is -0.175. The molecule has 0 radical (unpaired) electrons. The summed E-state index contributed by atoms with van der Waals surface area (Å²) < 4.78 is 0. The van der Waals surface area contributed by atoms with Crippen LogP contribution in [0.5, 0.6) is 0 Å². The lowest BCUT2D eigenvalue weighted by molar-refractivity contribution is -0.121. The molecule has 0 aromatic heterocycles. The van der Waals surface area contributed by atoms with E-state index in [0.29, 0.717) is 0 Å². The molecule has 2 atom stereocenters. The van der Waals surface area contributed by atoms with Crippen LogP contribution in [0.2, 0.25) is 0 Å². The van der Waals surface area contributed by atoms with Crippen LogP contribution in [0.1, 0.15) is 39.5 Å². The maximum Gasteiger partial charge on any atom is 0.217 e. The van der Waals surface area contributed by atoms with E-state index in [2.05, 4.69) is 5.32 Å². The Labute approximate surface area is 78.7 Å². The van der Waals surface area contributed by atoms with Gasteiger partial charge in [-0.25, -0.2) is 0 Å². The van der Waals surface area contributed by atoms with E-state index in [4.69, 9.17) is 11.6 Å². The molecule has 70 valence electrons. The van der Waals surface area contributed by atoms with E-state index < -0.39 is 0 Å². The first kappa shape index (κ1) is 9.85. The van der Waals surface area contributed by atoms with Crippen molar-refractivity contribution >= 4 is 17.5 Å². The summed E-state index contributed by atoms with van der Waals surface area (Å²) in [4.78, 5) is 10.9. The van der Waals surface area contributed by atoms with E-state index in [9.17, 15) is 4.79 Å². The Kier molecular flexibility index (Phi) is 2.99. The SMILES string of the molecule is CC(=O)N[C@@]1(C)CCCC[C@@H]1Cl. The molecular weight excluding hydrogens is 174 g/mol. The number of carbonyl (C=O) groups is 1. The van der Waals surface area contributed by atoms with E-state index in [0.717, 1.165) is 12.8 Å². The van der Waals surface area contributed by atoms with Crippen LogP contribution in [0.4, 0.5) is 0 Å². The molecule has 0 aromatic carbocycles. The second-order valence-electron chi connectivity index (χ2n) is 3.81. The smallest absolute Gasteiger partial charge is 0.217 e. The molecule has 3 heteroatoms. The van der Waals surface area contributed by atoms with Gasteiger partial charge in [-0.1, -0.05) is 12.8 Å². The highest BCUT2D eigenvalue weighted by Crippen LogP contribution is 2.31. The Hall–Kier alpha value is -0.240. The number of hydrogen-bond acceptors (Lipinski definition) is 1. The molecule has 12 heavy (non-hydrogen) atoms. The predicted molar refractivity (Wildman–Crippen MR) is 50.3 cm³/mol. The molecule has 0 bridgehead atoms. The van der Waals surface area contributed by atoms with Gasteiger partial charge >= 0.3 is 0 Å². The maximum absolute atomic E-state index is 10.9. The molecule has 1 fully saturated rings. The second-order valence-corrected chi connectivity index (χ2v) is 4.34. The van der Waals surface area contributed by atoms with Crippen molar-refractivity contribution in [2.24, 2.45) is 0 Å². The fraction of sp³-hybridized carbons (Fsp3) is 0.889. The Morgan fingerprint density at radius 3 is 2.75 bits per heavy atom. The zero-order chi connectivity index (χ0) is 9.19. The highest BCUT2D eigenvalue weighted by molar-refractivity contribution is 6.21. The van der Waals surface area contributed by atoms with Crippen molar-refractivity contribution in [3.63, 3.8) is 0 Å². The molecule has 0 spiro atoms. The van der Waals surface area contributed by atoms with Gasteiger partial charge in [0.05, 0.1) is 10.9 Å². The molecule has 1 amide bonds. The summed E-state index contributed by atoms with van der Waals surface area (Å²) in [6.45, 7) is 3.58. The summed E-state index contributed by atoms with van der Waals surface area (Å²) in [5.74, 6) is 0.0186. The fourth-order valence-corrected chi connectivity index (χ4v) is 2.15. The number of carbonyl (C=O) groups excluding carboxylic acids is 1. The molecule has 1 aliphatic rings. The third kappa shape index (κ3) is 2.13. The summed E-state index contributed by atoms with van der Waals surface area (Å²) in [6, 6.07) is 0. The minimum atomic E-state index is -0.175. The van der Waals surface area contributed by atoms with E-state index >= 15 is 0 Å². The molecule has 1 rings (SSSR count). The first-order valence-electron chi connectivity index (χ1n) is 4.47. The predicted octanol–water partition coefficient (Wildman–Crippen LogP) is 2.06. The van der Waals surface area contributed by atoms with E-state index in [-0.39, 0.29) is 16.8 Å². The van der Waals surface area contributed by atoms with Gasteiger partial charge in [0, 0.05) is 6.92 Å². The summed E-state index contributed by atoms with van der Waals surface area (Å²) in [6.07, 6.45) is 4.36. The zero-order valence-electron chi connectivity index (χ0n) is 7.69. The maximum atomic E-state index is 10.9. The lowest BCUT2D eigenvalue weighted by atomic mass is 9.83. The first-order chi connectivity index (χ1) is 5.54. The van der Waals surface area contributed by atoms with Gasteiger partial charge in [-0.15, -0.1) is 11.6 Å². The molecule has 0 heterocycles. The highest BCUT2D eigenvalue weighted by atomic mass is 35.5. The van der Waals surface area contributed by atoms with Gasteiger partial charge in [0.15, 0.2) is 0 Å². The lowest BCUT2D eigenvalue weighted by Gasteiger charge is -2.38. The van der Waals surface area contributed by atoms with E-state index in [1.54, 1.807) is 6.92 Å². The van der Waals surface area contributed by atoms with Gasteiger partial charge in [-0.2, -0.15) is 0 Å². The standard InChI is InChI=1S/C9H16ClNO/c1-7(12)11-9(2)6-4-3-5-8(9)10/h8H,3-6H2,1-2H3,(H,11,12)/t8-,9-/m0/s1. The zero-order valence-corrected chi connectivity index (χ0v) is 8.45. The topological polar surface area (TPSA) is 29.1 Å². The van der Waals surface area contributed by atoms with E-state index in [1.165, 1.54) is 12.8 Å². The molecule has 0 aliphatic heterocycles. The summed E-state index contributed by atoms with van der Waals surface area (Å²) >= 11 is 6.15. The van der Waals surface area contributed by atoms with Crippen molar-refractivity contribution in [3.8, 4) is 0 Å².